The molecule has 1 aromatic heterocycles. The van der Waals surface area contributed by atoms with Gasteiger partial charge in [0.15, 0.2) is 8.29 Å². The second-order valence-electron chi connectivity index (χ2n) is 5.47. The summed E-state index contributed by atoms with van der Waals surface area (Å²) in [6, 6.07) is 6.95. The Labute approximate surface area is 153 Å². The smallest absolute Gasteiger partial charge is 0.318 e. The zero-order valence-electron chi connectivity index (χ0n) is 13.5. The van der Waals surface area contributed by atoms with Crippen molar-refractivity contribution < 1.29 is 9.59 Å². The third-order valence-electron chi connectivity index (χ3n) is 3.21. The van der Waals surface area contributed by atoms with Crippen LogP contribution in [-0.4, -0.2) is 27.0 Å². The third-order valence-corrected chi connectivity index (χ3v) is 6.07. The van der Waals surface area contributed by atoms with Crippen molar-refractivity contribution in [2.45, 2.75) is 30.4 Å². The van der Waals surface area contributed by atoms with Gasteiger partial charge < -0.3 is 5.73 Å². The number of imide groups is 1. The maximum absolute atomic E-state index is 12.1. The standard InChI is InChI=1S/C15H18N4O2S3/c1-8(2)11(12(20)17-13(16)21)23-14-18-19(15(22)24-14)10-7-5-4-6-9(10)3/h4-8,11H,1-3H3,(H3,16,17,20,21)/t11-/m1/s1. The van der Waals surface area contributed by atoms with Crippen LogP contribution in [0.3, 0.4) is 0 Å². The summed E-state index contributed by atoms with van der Waals surface area (Å²) < 4.78 is 2.97. The quantitative estimate of drug-likeness (QED) is 0.612. The lowest BCUT2D eigenvalue weighted by atomic mass is 10.1. The minimum absolute atomic E-state index is 0.00117. The van der Waals surface area contributed by atoms with E-state index in [1.807, 2.05) is 45.0 Å². The average molecular weight is 383 g/mol. The Hall–Kier alpha value is -1.71. The SMILES string of the molecule is Cc1ccccc1-n1nc(S[C@@H](C(=O)NC(N)=O)C(C)C)sc1=S. The average Bonchev–Trinajstić information content (AvgIpc) is 2.85. The normalized spacial score (nSPS) is 12.2. The molecule has 1 aromatic carbocycles. The molecule has 0 radical (unpaired) electrons. The van der Waals surface area contributed by atoms with Gasteiger partial charge in [-0.3, -0.25) is 10.1 Å². The van der Waals surface area contributed by atoms with E-state index in [0.29, 0.717) is 8.29 Å². The van der Waals surface area contributed by atoms with Crippen molar-refractivity contribution in [1.29, 1.82) is 0 Å². The van der Waals surface area contributed by atoms with E-state index in [1.165, 1.54) is 23.1 Å². The van der Waals surface area contributed by atoms with Gasteiger partial charge in [-0.25, -0.2) is 9.48 Å². The van der Waals surface area contributed by atoms with Gasteiger partial charge in [-0.05, 0) is 36.7 Å². The lowest BCUT2D eigenvalue weighted by Gasteiger charge is -2.17. The zero-order valence-corrected chi connectivity index (χ0v) is 15.9. The molecule has 0 fully saturated rings. The monoisotopic (exact) mass is 382 g/mol. The van der Waals surface area contributed by atoms with Crippen molar-refractivity contribution in [2.75, 3.05) is 0 Å². The second kappa shape index (κ2) is 7.91. The van der Waals surface area contributed by atoms with Crippen molar-refractivity contribution in [3.63, 3.8) is 0 Å². The highest BCUT2D eigenvalue weighted by Crippen LogP contribution is 2.31. The van der Waals surface area contributed by atoms with Crippen molar-refractivity contribution in [3.8, 4) is 5.69 Å². The summed E-state index contributed by atoms with van der Waals surface area (Å²) in [7, 11) is 0. The number of para-hydroxylation sites is 1. The Balaban J connectivity index is 2.28. The van der Waals surface area contributed by atoms with E-state index >= 15 is 0 Å². The number of hydrogen-bond donors (Lipinski definition) is 2. The number of aromatic nitrogens is 2. The largest absolute Gasteiger partial charge is 0.351 e. The van der Waals surface area contributed by atoms with Crippen molar-refractivity contribution >= 4 is 47.3 Å². The van der Waals surface area contributed by atoms with Crippen molar-refractivity contribution in [3.05, 3.63) is 33.8 Å². The van der Waals surface area contributed by atoms with Gasteiger partial charge in [0.25, 0.3) is 0 Å². The van der Waals surface area contributed by atoms with Crippen molar-refractivity contribution in [2.24, 2.45) is 11.7 Å². The number of benzene rings is 1. The Bertz CT molecular complexity index is 813. The molecule has 128 valence electrons. The van der Waals surface area contributed by atoms with Gasteiger partial charge >= 0.3 is 6.03 Å². The highest BCUT2D eigenvalue weighted by atomic mass is 32.2. The van der Waals surface area contributed by atoms with Crippen LogP contribution >= 0.6 is 35.3 Å². The lowest BCUT2D eigenvalue weighted by Crippen LogP contribution is -2.42. The Morgan fingerprint density at radius 3 is 2.62 bits per heavy atom. The molecule has 2 aromatic rings. The topological polar surface area (TPSA) is 90.0 Å². The van der Waals surface area contributed by atoms with Crippen LogP contribution in [0.2, 0.25) is 0 Å². The van der Waals surface area contributed by atoms with Gasteiger partial charge in [0, 0.05) is 0 Å². The first-order chi connectivity index (χ1) is 11.3. The van der Waals surface area contributed by atoms with Gasteiger partial charge in [-0.2, -0.15) is 0 Å². The van der Waals surface area contributed by atoms with E-state index in [-0.39, 0.29) is 5.92 Å². The number of nitrogens with two attached hydrogens (primary N) is 1. The number of thioether (sulfide) groups is 1. The van der Waals surface area contributed by atoms with E-state index in [9.17, 15) is 9.59 Å². The fourth-order valence-electron chi connectivity index (χ4n) is 2.06. The molecule has 6 nitrogen and oxygen atoms in total. The first-order valence-electron chi connectivity index (χ1n) is 7.22. The Morgan fingerprint density at radius 2 is 2.04 bits per heavy atom. The van der Waals surface area contributed by atoms with E-state index in [1.54, 1.807) is 4.68 Å². The van der Waals surface area contributed by atoms with Crippen LogP contribution in [0.15, 0.2) is 28.6 Å². The van der Waals surface area contributed by atoms with E-state index in [4.69, 9.17) is 18.0 Å². The molecule has 9 heteroatoms. The van der Waals surface area contributed by atoms with Crippen LogP contribution in [0.25, 0.3) is 5.69 Å². The fraction of sp³-hybridized carbons (Fsp3) is 0.333. The molecule has 3 N–H and O–H groups in total. The van der Waals surface area contributed by atoms with Crippen LogP contribution < -0.4 is 11.1 Å². The molecule has 0 bridgehead atoms. The summed E-state index contributed by atoms with van der Waals surface area (Å²) in [6.45, 7) is 5.78. The number of carbonyl (C=O) groups excluding carboxylic acids is 2. The fourth-order valence-corrected chi connectivity index (χ4v) is 4.61. The summed E-state index contributed by atoms with van der Waals surface area (Å²) >= 11 is 8.02. The minimum Gasteiger partial charge on any atom is -0.351 e. The molecule has 0 unspecified atom stereocenters. The first kappa shape index (κ1) is 18.6. The number of amides is 3. The maximum Gasteiger partial charge on any atom is 0.318 e. The molecule has 0 saturated carbocycles. The molecule has 0 aliphatic carbocycles. The van der Waals surface area contributed by atoms with Crippen LogP contribution in [-0.2, 0) is 4.79 Å². The molecule has 0 aliphatic heterocycles. The number of primary amides is 1. The van der Waals surface area contributed by atoms with Crippen LogP contribution in [0.4, 0.5) is 4.79 Å². The molecule has 0 saturated heterocycles. The molecular weight excluding hydrogens is 364 g/mol. The molecular formula is C15H18N4O2S3. The second-order valence-corrected chi connectivity index (χ2v) is 8.48. The van der Waals surface area contributed by atoms with Crippen LogP contribution in [0, 0.1) is 16.8 Å². The zero-order chi connectivity index (χ0) is 17.9. The highest BCUT2D eigenvalue weighted by molar-refractivity contribution is 8.02. The van der Waals surface area contributed by atoms with Gasteiger partial charge in [0.1, 0.15) is 0 Å². The summed E-state index contributed by atoms with van der Waals surface area (Å²) in [5.41, 5.74) is 7.00. The summed E-state index contributed by atoms with van der Waals surface area (Å²) in [5.74, 6) is -0.426. The van der Waals surface area contributed by atoms with Gasteiger partial charge in [0.2, 0.25) is 5.91 Å². The number of carbonyl (C=O) groups is 2. The number of nitrogens with one attached hydrogen (secondary N) is 1. The van der Waals surface area contributed by atoms with Gasteiger partial charge in [0.05, 0.1) is 10.9 Å². The summed E-state index contributed by atoms with van der Waals surface area (Å²) in [5, 5.41) is 6.17. The number of urea groups is 1. The first-order valence-corrected chi connectivity index (χ1v) is 9.33. The molecule has 0 spiro atoms. The highest BCUT2D eigenvalue weighted by Gasteiger charge is 2.26. The summed E-state index contributed by atoms with van der Waals surface area (Å²) in [6.07, 6.45) is 0. The summed E-state index contributed by atoms with van der Waals surface area (Å²) in [4.78, 5) is 23.0. The molecule has 3 amide bonds. The van der Waals surface area contributed by atoms with E-state index in [0.717, 1.165) is 11.3 Å². The molecule has 1 atom stereocenters. The van der Waals surface area contributed by atoms with Gasteiger partial charge in [-0.1, -0.05) is 55.1 Å². The number of hydrogen-bond acceptors (Lipinski definition) is 6. The Kier molecular flexibility index (Phi) is 6.14. The number of rotatable bonds is 5. The Morgan fingerprint density at radius 1 is 1.38 bits per heavy atom. The van der Waals surface area contributed by atoms with Gasteiger partial charge in [-0.15, -0.1) is 5.10 Å². The predicted molar refractivity (Wildman–Crippen MR) is 99.2 cm³/mol. The third kappa shape index (κ3) is 4.43. The molecule has 2 rings (SSSR count). The maximum atomic E-state index is 12.1. The molecule has 24 heavy (non-hydrogen) atoms. The minimum atomic E-state index is -0.857. The van der Waals surface area contributed by atoms with E-state index in [2.05, 4.69) is 10.4 Å². The van der Waals surface area contributed by atoms with E-state index < -0.39 is 17.2 Å². The number of nitrogens with zero attached hydrogens (tertiary/aromatic N) is 2. The molecule has 1 heterocycles. The molecule has 0 aliphatic rings. The number of aryl methyl sites for hydroxylation is 1. The van der Waals surface area contributed by atoms with Crippen LogP contribution in [0.5, 0.6) is 0 Å². The van der Waals surface area contributed by atoms with Crippen LogP contribution in [0.1, 0.15) is 19.4 Å². The predicted octanol–water partition coefficient (Wildman–Crippen LogP) is 3.28. The lowest BCUT2D eigenvalue weighted by molar-refractivity contribution is -0.120. The van der Waals surface area contributed by atoms with Crippen molar-refractivity contribution in [1.82, 2.24) is 15.1 Å².